The summed E-state index contributed by atoms with van der Waals surface area (Å²) in [4.78, 5) is 4.56. The first-order valence-corrected chi connectivity index (χ1v) is 9.82. The molecule has 2 aromatic heterocycles. The van der Waals surface area contributed by atoms with Gasteiger partial charge in [-0.2, -0.15) is 0 Å². The number of benzene rings is 5. The molecule has 0 unspecified atom stereocenters. The molecule has 7 rings (SSSR count). The zero-order valence-electron chi connectivity index (χ0n) is 15.5. The van der Waals surface area contributed by atoms with Crippen molar-refractivity contribution in [1.29, 1.82) is 0 Å². The Morgan fingerprint density at radius 3 is 1.97 bits per heavy atom. The van der Waals surface area contributed by atoms with E-state index in [1.807, 2.05) is 24.4 Å². The Hall–Kier alpha value is -3.91. The van der Waals surface area contributed by atoms with Gasteiger partial charge in [0.05, 0.1) is 5.69 Å². The number of hydrogen-bond donors (Lipinski definition) is 0. The Labute approximate surface area is 166 Å². The second-order valence-corrected chi connectivity index (χ2v) is 7.58. The molecule has 0 amide bonds. The molecule has 0 radical (unpaired) electrons. The molecule has 0 aliphatic heterocycles. The minimum absolute atomic E-state index is 0.901. The fourth-order valence-electron chi connectivity index (χ4n) is 4.85. The summed E-state index contributed by atoms with van der Waals surface area (Å²) in [7, 11) is 0. The minimum Gasteiger partial charge on any atom is -0.455 e. The van der Waals surface area contributed by atoms with Crippen molar-refractivity contribution in [3.05, 3.63) is 91.1 Å². The van der Waals surface area contributed by atoms with Crippen LogP contribution in [0, 0.1) is 0 Å². The molecule has 2 heteroatoms. The molecule has 0 saturated carbocycles. The molecule has 0 atom stereocenters. The standard InChI is InChI=1S/C27H15NO/c1-2-15-28-22(12-1)18-8-5-11-21-25-19-9-3-6-16-13-14-17-7-4-10-20(24(17)23(16)19)27(25)29-26(18)21/h1-15H. The molecule has 0 fully saturated rings. The van der Waals surface area contributed by atoms with Crippen LogP contribution in [0.15, 0.2) is 95.5 Å². The molecule has 0 N–H and O–H groups in total. The van der Waals surface area contributed by atoms with Gasteiger partial charge in [-0.05, 0) is 39.7 Å². The number of hydrogen-bond acceptors (Lipinski definition) is 2. The van der Waals surface area contributed by atoms with Crippen LogP contribution in [0.5, 0.6) is 0 Å². The molecule has 2 heterocycles. The van der Waals surface area contributed by atoms with Gasteiger partial charge in [0.1, 0.15) is 11.2 Å². The minimum atomic E-state index is 0.901. The van der Waals surface area contributed by atoms with E-state index in [0.717, 1.165) is 27.8 Å². The third kappa shape index (κ3) is 1.88. The predicted molar refractivity (Wildman–Crippen MR) is 121 cm³/mol. The summed E-state index contributed by atoms with van der Waals surface area (Å²) in [6, 6.07) is 29.8. The van der Waals surface area contributed by atoms with Crippen molar-refractivity contribution >= 4 is 54.3 Å². The molecule has 134 valence electrons. The van der Waals surface area contributed by atoms with Gasteiger partial charge >= 0.3 is 0 Å². The summed E-state index contributed by atoms with van der Waals surface area (Å²) >= 11 is 0. The van der Waals surface area contributed by atoms with Crippen LogP contribution < -0.4 is 0 Å². The third-order valence-corrected chi connectivity index (χ3v) is 6.06. The maximum atomic E-state index is 6.61. The summed E-state index contributed by atoms with van der Waals surface area (Å²) < 4.78 is 6.61. The first-order valence-electron chi connectivity index (χ1n) is 9.82. The highest BCUT2D eigenvalue weighted by Gasteiger charge is 2.20. The Balaban J connectivity index is 1.79. The number of nitrogens with zero attached hydrogens (tertiary/aromatic N) is 1. The predicted octanol–water partition coefficient (Wildman–Crippen LogP) is 7.55. The molecule has 2 nitrogen and oxygen atoms in total. The quantitative estimate of drug-likeness (QED) is 0.279. The van der Waals surface area contributed by atoms with Gasteiger partial charge in [-0.3, -0.25) is 4.98 Å². The average molecular weight is 369 g/mol. The van der Waals surface area contributed by atoms with E-state index in [0.29, 0.717) is 0 Å². The van der Waals surface area contributed by atoms with E-state index in [4.69, 9.17) is 4.42 Å². The monoisotopic (exact) mass is 369 g/mol. The Morgan fingerprint density at radius 1 is 0.517 bits per heavy atom. The lowest BCUT2D eigenvalue weighted by Gasteiger charge is -2.11. The van der Waals surface area contributed by atoms with Gasteiger partial charge in [0, 0.05) is 33.3 Å². The van der Waals surface area contributed by atoms with Gasteiger partial charge in [-0.25, -0.2) is 0 Å². The molecule has 0 spiro atoms. The van der Waals surface area contributed by atoms with Crippen molar-refractivity contribution in [2.45, 2.75) is 0 Å². The van der Waals surface area contributed by atoms with Crippen LogP contribution in [0.3, 0.4) is 0 Å². The van der Waals surface area contributed by atoms with Gasteiger partial charge in [-0.15, -0.1) is 0 Å². The van der Waals surface area contributed by atoms with Crippen molar-refractivity contribution in [2.75, 3.05) is 0 Å². The largest absolute Gasteiger partial charge is 0.455 e. The SMILES string of the molecule is c1ccc(-c2cccc3c2oc2c4cccc5ccc6cccc(c32)c6c54)nc1. The van der Waals surface area contributed by atoms with E-state index in [1.54, 1.807) is 0 Å². The lowest BCUT2D eigenvalue weighted by Crippen LogP contribution is -1.84. The van der Waals surface area contributed by atoms with Gasteiger partial charge in [0.25, 0.3) is 0 Å². The fraction of sp³-hybridized carbons (Fsp3) is 0. The van der Waals surface area contributed by atoms with Crippen LogP contribution in [0.1, 0.15) is 0 Å². The van der Waals surface area contributed by atoms with Crippen molar-refractivity contribution in [3.63, 3.8) is 0 Å². The van der Waals surface area contributed by atoms with Crippen LogP contribution >= 0.6 is 0 Å². The lowest BCUT2D eigenvalue weighted by atomic mass is 9.91. The average Bonchev–Trinajstić information content (AvgIpc) is 3.19. The number of fused-ring (bicyclic) bond motifs is 5. The first kappa shape index (κ1) is 15.1. The molecule has 7 aromatic rings. The van der Waals surface area contributed by atoms with Gasteiger partial charge in [0.2, 0.25) is 0 Å². The normalized spacial score (nSPS) is 12.1. The molecule has 0 aliphatic rings. The van der Waals surface area contributed by atoms with Gasteiger partial charge in [0.15, 0.2) is 0 Å². The maximum Gasteiger partial charge on any atom is 0.144 e. The van der Waals surface area contributed by atoms with Crippen molar-refractivity contribution in [1.82, 2.24) is 4.98 Å². The Morgan fingerprint density at radius 2 is 1.21 bits per heavy atom. The van der Waals surface area contributed by atoms with Crippen LogP contribution in [-0.4, -0.2) is 4.98 Å². The lowest BCUT2D eigenvalue weighted by molar-refractivity contribution is 0.674. The number of furan rings is 1. The number of pyridine rings is 1. The van der Waals surface area contributed by atoms with E-state index in [9.17, 15) is 0 Å². The fourth-order valence-corrected chi connectivity index (χ4v) is 4.85. The number of aromatic nitrogens is 1. The highest BCUT2D eigenvalue weighted by atomic mass is 16.3. The number of rotatable bonds is 1. The van der Waals surface area contributed by atoms with E-state index in [-0.39, 0.29) is 0 Å². The Bertz CT molecular complexity index is 1690. The molecule has 0 bridgehead atoms. The van der Waals surface area contributed by atoms with Crippen molar-refractivity contribution in [2.24, 2.45) is 0 Å². The summed E-state index contributed by atoms with van der Waals surface area (Å²) in [5, 5.41) is 9.87. The molecular weight excluding hydrogens is 354 g/mol. The zero-order chi connectivity index (χ0) is 18.9. The van der Waals surface area contributed by atoms with Gasteiger partial charge in [-0.1, -0.05) is 66.7 Å². The summed E-state index contributed by atoms with van der Waals surface area (Å²) in [6.07, 6.45) is 1.83. The smallest absolute Gasteiger partial charge is 0.144 e. The zero-order valence-corrected chi connectivity index (χ0v) is 15.5. The molecule has 0 aliphatic carbocycles. The first-order chi connectivity index (χ1) is 14.4. The topological polar surface area (TPSA) is 26.0 Å². The summed E-state index contributed by atoms with van der Waals surface area (Å²) in [5.41, 5.74) is 3.82. The van der Waals surface area contributed by atoms with Crippen molar-refractivity contribution in [3.8, 4) is 11.3 Å². The van der Waals surface area contributed by atoms with Gasteiger partial charge < -0.3 is 4.42 Å². The van der Waals surface area contributed by atoms with E-state index in [2.05, 4.69) is 71.7 Å². The molecule has 5 aromatic carbocycles. The van der Waals surface area contributed by atoms with Crippen LogP contribution in [0.25, 0.3) is 65.5 Å². The second-order valence-electron chi connectivity index (χ2n) is 7.58. The highest BCUT2D eigenvalue weighted by Crippen LogP contribution is 2.45. The molecular formula is C27H15NO. The van der Waals surface area contributed by atoms with Crippen LogP contribution in [0.2, 0.25) is 0 Å². The highest BCUT2D eigenvalue weighted by molar-refractivity contribution is 6.36. The maximum absolute atomic E-state index is 6.61. The van der Waals surface area contributed by atoms with Crippen molar-refractivity contribution < 1.29 is 4.42 Å². The van der Waals surface area contributed by atoms with E-state index < -0.39 is 0 Å². The van der Waals surface area contributed by atoms with E-state index >= 15 is 0 Å². The Kier molecular flexibility index (Phi) is 2.77. The second kappa shape index (κ2) is 5.33. The van der Waals surface area contributed by atoms with Crippen LogP contribution in [-0.2, 0) is 0 Å². The molecule has 0 saturated heterocycles. The third-order valence-electron chi connectivity index (χ3n) is 6.06. The summed E-state index contributed by atoms with van der Waals surface area (Å²) in [5.74, 6) is 0. The van der Waals surface area contributed by atoms with E-state index in [1.165, 1.54) is 37.7 Å². The molecule has 29 heavy (non-hydrogen) atoms. The van der Waals surface area contributed by atoms with Crippen LogP contribution in [0.4, 0.5) is 0 Å². The summed E-state index contributed by atoms with van der Waals surface area (Å²) in [6.45, 7) is 0. The number of para-hydroxylation sites is 1.